The summed E-state index contributed by atoms with van der Waals surface area (Å²) >= 11 is -3.51. The first-order valence-electron chi connectivity index (χ1n) is 13.9. The number of rotatable bonds is 4. The van der Waals surface area contributed by atoms with Crippen LogP contribution in [-0.4, -0.2) is 6.88 Å². The van der Waals surface area contributed by atoms with Crippen LogP contribution in [0.3, 0.4) is 0 Å². The fourth-order valence-corrected chi connectivity index (χ4v) is 29.0. The number of allylic oxidation sites excluding steroid dienone is 2. The van der Waals surface area contributed by atoms with Gasteiger partial charge in [-0.1, -0.05) is 0 Å². The van der Waals surface area contributed by atoms with E-state index in [4.69, 9.17) is 0 Å². The van der Waals surface area contributed by atoms with Crippen molar-refractivity contribution in [1.82, 2.24) is 0 Å². The Morgan fingerprint density at radius 2 is 0.895 bits per heavy atom. The molecule has 0 spiro atoms. The van der Waals surface area contributed by atoms with Crippen LogP contribution in [0.2, 0.25) is 9.26 Å². The molecule has 0 saturated heterocycles. The number of aryl methyl sites for hydroxylation is 2. The van der Waals surface area contributed by atoms with E-state index in [1.165, 1.54) is 44.5 Å². The van der Waals surface area contributed by atoms with Gasteiger partial charge in [-0.3, -0.25) is 0 Å². The maximum atomic E-state index is 2.73. The molecule has 0 radical (unpaired) electrons. The van der Waals surface area contributed by atoms with Crippen molar-refractivity contribution in [2.45, 2.75) is 44.2 Å². The minimum absolute atomic E-state index is 0.539. The third kappa shape index (κ3) is 4.04. The number of hydrogen-bond donors (Lipinski definition) is 0. The quantitative estimate of drug-likeness (QED) is 0.208. The zero-order chi connectivity index (χ0) is 26.8. The van der Waals surface area contributed by atoms with Crippen LogP contribution in [0.5, 0.6) is 0 Å². The predicted octanol–water partition coefficient (Wildman–Crippen LogP) is 9.59. The average molecular weight is 590 g/mol. The van der Waals surface area contributed by atoms with Gasteiger partial charge in [-0.2, -0.15) is 0 Å². The van der Waals surface area contributed by atoms with Crippen molar-refractivity contribution >= 4 is 19.0 Å². The molecule has 2 aliphatic rings. The van der Waals surface area contributed by atoms with Crippen LogP contribution < -0.4 is 0 Å². The van der Waals surface area contributed by atoms with Crippen LogP contribution in [0.4, 0.5) is 0 Å². The number of benzene rings is 4. The molecule has 0 nitrogen and oxygen atoms in total. The monoisotopic (exact) mass is 588 g/mol. The van der Waals surface area contributed by atoms with Crippen LogP contribution in [0.1, 0.15) is 54.5 Å². The second-order valence-electron chi connectivity index (χ2n) is 12.9. The summed E-state index contributed by atoms with van der Waals surface area (Å²) in [5, 5.41) is 0. The molecule has 0 bridgehead atoms. The minimum atomic E-state index is -3.51. The van der Waals surface area contributed by atoms with E-state index in [0.717, 1.165) is 0 Å². The molecule has 0 aromatic heterocycles. The fourth-order valence-electron chi connectivity index (χ4n) is 7.76. The SMILES string of the molecule is CC1=Cc2c(-c3ccc(C)cc3)cccc2[CH]1[Zr]([CH3])([CH3])(=[SiH2])[CH]1C(C)=Cc2c(-c3ccc(C)cc3)cccc21. The molecule has 190 valence electrons. The van der Waals surface area contributed by atoms with Crippen molar-refractivity contribution in [3.05, 3.63) is 129 Å². The van der Waals surface area contributed by atoms with Gasteiger partial charge in [0.1, 0.15) is 0 Å². The Morgan fingerprint density at radius 1 is 0.526 bits per heavy atom. The molecular weight excluding hydrogens is 552 g/mol. The second kappa shape index (κ2) is 9.00. The van der Waals surface area contributed by atoms with Crippen LogP contribution in [0, 0.1) is 13.8 Å². The van der Waals surface area contributed by atoms with Gasteiger partial charge in [0.15, 0.2) is 0 Å². The van der Waals surface area contributed by atoms with Gasteiger partial charge in [0.25, 0.3) is 0 Å². The second-order valence-corrected chi connectivity index (χ2v) is 43.4. The Balaban J connectivity index is 1.49. The van der Waals surface area contributed by atoms with Crippen LogP contribution in [0.15, 0.2) is 96.1 Å². The van der Waals surface area contributed by atoms with E-state index in [0.29, 0.717) is 7.25 Å². The summed E-state index contributed by atoms with van der Waals surface area (Å²) in [5.74, 6) is 0. The van der Waals surface area contributed by atoms with Crippen molar-refractivity contribution in [2.75, 3.05) is 0 Å². The molecule has 4 aromatic carbocycles. The maximum absolute atomic E-state index is 3.51. The summed E-state index contributed by atoms with van der Waals surface area (Å²) in [5.41, 5.74) is 17.1. The van der Waals surface area contributed by atoms with Gasteiger partial charge >= 0.3 is 232 Å². The van der Waals surface area contributed by atoms with E-state index in [2.05, 4.69) is 141 Å². The molecule has 0 saturated carbocycles. The number of hydrogen-bond acceptors (Lipinski definition) is 0. The Kier molecular flexibility index (Phi) is 6.09. The third-order valence-corrected chi connectivity index (χ3v) is 27.1. The van der Waals surface area contributed by atoms with Crippen LogP contribution in [-0.2, 0) is 17.4 Å². The predicted molar refractivity (Wildman–Crippen MR) is 166 cm³/mol. The average Bonchev–Trinajstić information content (AvgIpc) is 3.41. The standard InChI is InChI=1S/2C17H15.2CH3.H2Si.Zr/c2*1-12-6-8-14(9-7-12)16-5-3-4-15-10-13(2)11-17(15)16;;;;/h2*3-11H,1-2H3;2*1H3;1H2;. The van der Waals surface area contributed by atoms with Crippen molar-refractivity contribution in [3.63, 3.8) is 0 Å². The molecule has 2 aliphatic carbocycles. The zero-order valence-corrected chi connectivity index (χ0v) is 27.5. The summed E-state index contributed by atoms with van der Waals surface area (Å²) < 4.78 is 6.53. The summed E-state index contributed by atoms with van der Waals surface area (Å²) in [6.45, 7) is 11.6. The molecule has 0 amide bonds. The molecule has 2 unspecified atom stereocenters. The van der Waals surface area contributed by atoms with Crippen LogP contribution >= 0.6 is 0 Å². The molecule has 0 N–H and O–H groups in total. The normalized spacial score (nSPS) is 18.6. The molecule has 6 rings (SSSR count). The van der Waals surface area contributed by atoms with Gasteiger partial charge in [0.2, 0.25) is 0 Å². The van der Waals surface area contributed by atoms with Gasteiger partial charge in [0, 0.05) is 0 Å². The van der Waals surface area contributed by atoms with E-state index in [-0.39, 0.29) is 0 Å². The first-order chi connectivity index (χ1) is 18.0. The van der Waals surface area contributed by atoms with Crippen molar-refractivity contribution in [2.24, 2.45) is 0 Å². The summed E-state index contributed by atoms with van der Waals surface area (Å²) in [7, 11) is 0. The van der Waals surface area contributed by atoms with E-state index >= 15 is 0 Å². The van der Waals surface area contributed by atoms with Gasteiger partial charge in [-0.05, 0) is 0 Å². The Bertz CT molecular complexity index is 1590. The molecule has 0 aliphatic heterocycles. The molecule has 2 atom stereocenters. The zero-order valence-electron chi connectivity index (χ0n) is 23.6. The topological polar surface area (TPSA) is 0 Å². The van der Waals surface area contributed by atoms with E-state index in [1.807, 2.05) is 0 Å². The molecular formula is C36H38SiZr. The first kappa shape index (κ1) is 25.7. The summed E-state index contributed by atoms with van der Waals surface area (Å²) in [6, 6.07) is 32.1. The van der Waals surface area contributed by atoms with Gasteiger partial charge < -0.3 is 0 Å². The van der Waals surface area contributed by atoms with Crippen molar-refractivity contribution in [1.29, 1.82) is 0 Å². The Morgan fingerprint density at radius 3 is 1.26 bits per heavy atom. The fraction of sp³-hybridized carbons (Fsp3) is 0.222. The van der Waals surface area contributed by atoms with E-state index in [1.54, 1.807) is 22.3 Å². The van der Waals surface area contributed by atoms with Crippen molar-refractivity contribution < 1.29 is 17.4 Å². The Labute approximate surface area is 231 Å². The summed E-state index contributed by atoms with van der Waals surface area (Å²) in [6.07, 6.45) is 5.03. The molecule has 0 fully saturated rings. The summed E-state index contributed by atoms with van der Waals surface area (Å²) in [4.78, 5) is 0. The van der Waals surface area contributed by atoms with Gasteiger partial charge in [0.05, 0.1) is 0 Å². The van der Waals surface area contributed by atoms with Crippen molar-refractivity contribution in [3.8, 4) is 22.3 Å². The molecule has 0 heterocycles. The molecule has 2 heteroatoms. The third-order valence-electron chi connectivity index (χ3n) is 9.18. The molecule has 4 aromatic rings. The van der Waals surface area contributed by atoms with E-state index in [9.17, 15) is 0 Å². The first-order valence-corrected chi connectivity index (χ1v) is 27.5. The number of fused-ring (bicyclic) bond motifs is 2. The Hall–Kier alpha value is -2.54. The van der Waals surface area contributed by atoms with Gasteiger partial charge in [-0.15, -0.1) is 0 Å². The molecule has 38 heavy (non-hydrogen) atoms. The van der Waals surface area contributed by atoms with Crippen LogP contribution in [0.25, 0.3) is 34.4 Å². The van der Waals surface area contributed by atoms with E-state index < -0.39 is 17.4 Å². The van der Waals surface area contributed by atoms with Gasteiger partial charge in [-0.25, -0.2) is 0 Å².